The molecule has 2 rings (SSSR count). The van der Waals surface area contributed by atoms with Gasteiger partial charge in [-0.3, -0.25) is 0 Å². The first kappa shape index (κ1) is 9.94. The van der Waals surface area contributed by atoms with Crippen LogP contribution in [0.15, 0.2) is 46.3 Å². The molecule has 2 aromatic rings. The summed E-state index contributed by atoms with van der Waals surface area (Å²) in [5.74, 6) is 0. The molecule has 0 saturated carbocycles. The standard InChI is InChI=1S/C12H11BrS/c13-11-8-12(14-9-11)7-6-10-4-2-1-3-5-10/h1-5,8-9H,6-7H2. The number of halogens is 1. The molecule has 0 nitrogen and oxygen atoms in total. The van der Waals surface area contributed by atoms with Crippen molar-refractivity contribution >= 4 is 27.3 Å². The fourth-order valence-corrected chi connectivity index (χ4v) is 2.85. The van der Waals surface area contributed by atoms with E-state index in [0.717, 1.165) is 12.8 Å². The predicted octanol–water partition coefficient (Wildman–Crippen LogP) is 4.30. The number of aryl methyl sites for hydroxylation is 2. The molecular weight excluding hydrogens is 256 g/mol. The van der Waals surface area contributed by atoms with Crippen LogP contribution in [0.1, 0.15) is 10.4 Å². The smallest absolute Gasteiger partial charge is 0.0285 e. The second kappa shape index (κ2) is 4.76. The van der Waals surface area contributed by atoms with Gasteiger partial charge in [-0.05, 0) is 40.4 Å². The Morgan fingerprint density at radius 2 is 1.86 bits per heavy atom. The highest BCUT2D eigenvalue weighted by molar-refractivity contribution is 9.10. The maximum absolute atomic E-state index is 3.47. The van der Waals surface area contributed by atoms with Crippen LogP contribution >= 0.6 is 27.3 Å². The lowest BCUT2D eigenvalue weighted by Gasteiger charge is -1.98. The van der Waals surface area contributed by atoms with Gasteiger partial charge in [0.05, 0.1) is 0 Å². The van der Waals surface area contributed by atoms with Crippen molar-refractivity contribution in [3.05, 3.63) is 56.7 Å². The van der Waals surface area contributed by atoms with Gasteiger partial charge in [-0.15, -0.1) is 11.3 Å². The predicted molar refractivity (Wildman–Crippen MR) is 65.9 cm³/mol. The van der Waals surface area contributed by atoms with Crippen LogP contribution in [0.2, 0.25) is 0 Å². The van der Waals surface area contributed by atoms with Crippen molar-refractivity contribution in [3.63, 3.8) is 0 Å². The summed E-state index contributed by atoms with van der Waals surface area (Å²) in [6.45, 7) is 0. The molecule has 72 valence electrons. The quantitative estimate of drug-likeness (QED) is 0.778. The minimum atomic E-state index is 1.13. The second-order valence-corrected chi connectivity index (χ2v) is 5.13. The summed E-state index contributed by atoms with van der Waals surface area (Å²) in [4.78, 5) is 1.45. The van der Waals surface area contributed by atoms with Crippen LogP contribution in [-0.2, 0) is 12.8 Å². The van der Waals surface area contributed by atoms with Crippen LogP contribution in [0.4, 0.5) is 0 Å². The van der Waals surface area contributed by atoms with Crippen LogP contribution in [0.5, 0.6) is 0 Å². The van der Waals surface area contributed by atoms with Gasteiger partial charge in [0.2, 0.25) is 0 Å². The Kier molecular flexibility index (Phi) is 3.38. The highest BCUT2D eigenvalue weighted by Gasteiger charge is 1.98. The Hall–Kier alpha value is -0.600. The third-order valence-corrected chi connectivity index (χ3v) is 3.88. The summed E-state index contributed by atoms with van der Waals surface area (Å²) in [5, 5.41) is 2.14. The van der Waals surface area contributed by atoms with Gasteiger partial charge in [-0.2, -0.15) is 0 Å². The van der Waals surface area contributed by atoms with Crippen LogP contribution in [0.25, 0.3) is 0 Å². The fourth-order valence-electron chi connectivity index (χ4n) is 1.40. The van der Waals surface area contributed by atoms with Gasteiger partial charge >= 0.3 is 0 Å². The molecule has 0 saturated heterocycles. The van der Waals surface area contributed by atoms with Crippen LogP contribution in [-0.4, -0.2) is 0 Å². The van der Waals surface area contributed by atoms with Gasteiger partial charge in [-0.1, -0.05) is 30.3 Å². The van der Waals surface area contributed by atoms with Crippen molar-refractivity contribution < 1.29 is 0 Å². The molecule has 2 heteroatoms. The molecule has 0 atom stereocenters. The largest absolute Gasteiger partial charge is 0.148 e. The summed E-state index contributed by atoms with van der Waals surface area (Å²) in [6.07, 6.45) is 2.27. The molecule has 0 unspecified atom stereocenters. The molecule has 0 radical (unpaired) electrons. The normalized spacial score (nSPS) is 10.4. The molecule has 0 N–H and O–H groups in total. The molecule has 0 aliphatic carbocycles. The van der Waals surface area contributed by atoms with E-state index < -0.39 is 0 Å². The summed E-state index contributed by atoms with van der Waals surface area (Å²) >= 11 is 5.29. The zero-order chi connectivity index (χ0) is 9.80. The molecule has 1 aromatic heterocycles. The zero-order valence-corrected chi connectivity index (χ0v) is 10.1. The monoisotopic (exact) mass is 266 g/mol. The molecule has 0 spiro atoms. The number of thiophene rings is 1. The Morgan fingerprint density at radius 1 is 1.07 bits per heavy atom. The van der Waals surface area contributed by atoms with Crippen LogP contribution in [0, 0.1) is 0 Å². The molecular formula is C12H11BrS. The molecule has 0 aliphatic rings. The second-order valence-electron chi connectivity index (χ2n) is 3.22. The third-order valence-electron chi connectivity index (χ3n) is 2.12. The maximum atomic E-state index is 3.47. The minimum Gasteiger partial charge on any atom is -0.148 e. The van der Waals surface area contributed by atoms with Crippen LogP contribution in [0.3, 0.4) is 0 Å². The first-order chi connectivity index (χ1) is 6.84. The average Bonchev–Trinajstić information content (AvgIpc) is 2.63. The lowest BCUT2D eigenvalue weighted by Crippen LogP contribution is -1.87. The van der Waals surface area contributed by atoms with Crippen LogP contribution < -0.4 is 0 Å². The molecule has 0 amide bonds. The van der Waals surface area contributed by atoms with Gasteiger partial charge < -0.3 is 0 Å². The van der Waals surface area contributed by atoms with Gasteiger partial charge in [0.15, 0.2) is 0 Å². The van der Waals surface area contributed by atoms with E-state index in [9.17, 15) is 0 Å². The third kappa shape index (κ3) is 2.69. The van der Waals surface area contributed by atoms with E-state index in [1.807, 2.05) is 11.3 Å². The Labute approximate surface area is 96.7 Å². The summed E-state index contributed by atoms with van der Waals surface area (Å²) in [7, 11) is 0. The van der Waals surface area contributed by atoms with Gasteiger partial charge in [0.1, 0.15) is 0 Å². The van der Waals surface area contributed by atoms with E-state index in [2.05, 4.69) is 57.7 Å². The van der Waals surface area contributed by atoms with Gasteiger partial charge in [0, 0.05) is 14.7 Å². The Balaban J connectivity index is 1.95. The van der Waals surface area contributed by atoms with E-state index in [1.54, 1.807) is 0 Å². The highest BCUT2D eigenvalue weighted by Crippen LogP contribution is 2.21. The number of rotatable bonds is 3. The van der Waals surface area contributed by atoms with Crippen molar-refractivity contribution in [3.8, 4) is 0 Å². The number of hydrogen-bond acceptors (Lipinski definition) is 1. The highest BCUT2D eigenvalue weighted by atomic mass is 79.9. The maximum Gasteiger partial charge on any atom is 0.0285 e. The molecule has 14 heavy (non-hydrogen) atoms. The Morgan fingerprint density at radius 3 is 2.50 bits per heavy atom. The van der Waals surface area contributed by atoms with E-state index in [-0.39, 0.29) is 0 Å². The first-order valence-corrected chi connectivity index (χ1v) is 6.29. The molecule has 0 bridgehead atoms. The van der Waals surface area contributed by atoms with Crippen molar-refractivity contribution in [2.24, 2.45) is 0 Å². The average molecular weight is 267 g/mol. The summed E-state index contributed by atoms with van der Waals surface area (Å²) < 4.78 is 1.20. The van der Waals surface area contributed by atoms with Gasteiger partial charge in [-0.25, -0.2) is 0 Å². The molecule has 1 aromatic carbocycles. The van der Waals surface area contributed by atoms with E-state index in [0.29, 0.717) is 0 Å². The van der Waals surface area contributed by atoms with E-state index >= 15 is 0 Å². The number of hydrogen-bond donors (Lipinski definition) is 0. The molecule has 0 aliphatic heterocycles. The summed E-state index contributed by atoms with van der Waals surface area (Å²) in [6, 6.07) is 12.8. The van der Waals surface area contributed by atoms with E-state index in [1.165, 1.54) is 14.9 Å². The van der Waals surface area contributed by atoms with Crippen molar-refractivity contribution in [1.29, 1.82) is 0 Å². The summed E-state index contributed by atoms with van der Waals surface area (Å²) in [5.41, 5.74) is 1.41. The fraction of sp³-hybridized carbons (Fsp3) is 0.167. The lowest BCUT2D eigenvalue weighted by molar-refractivity contribution is 0.980. The molecule has 0 fully saturated rings. The van der Waals surface area contributed by atoms with Crippen molar-refractivity contribution in [2.45, 2.75) is 12.8 Å². The topological polar surface area (TPSA) is 0 Å². The van der Waals surface area contributed by atoms with Crippen molar-refractivity contribution in [1.82, 2.24) is 0 Å². The zero-order valence-electron chi connectivity index (χ0n) is 7.74. The van der Waals surface area contributed by atoms with E-state index in [4.69, 9.17) is 0 Å². The molecule has 1 heterocycles. The SMILES string of the molecule is Brc1csc(CCc2ccccc2)c1. The lowest BCUT2D eigenvalue weighted by atomic mass is 10.1. The minimum absolute atomic E-state index is 1.13. The van der Waals surface area contributed by atoms with Gasteiger partial charge in [0.25, 0.3) is 0 Å². The van der Waals surface area contributed by atoms with Crippen molar-refractivity contribution in [2.75, 3.05) is 0 Å². The number of benzene rings is 1. The first-order valence-electron chi connectivity index (χ1n) is 4.61. The Bertz CT molecular complexity index is 392.